The van der Waals surface area contributed by atoms with Gasteiger partial charge in [0.2, 0.25) is 6.29 Å². The number of hydrogen-bond acceptors (Lipinski definition) is 6. The summed E-state index contributed by atoms with van der Waals surface area (Å²) in [5, 5.41) is 18.3. The molecule has 0 aliphatic rings. The van der Waals surface area contributed by atoms with E-state index in [1.807, 2.05) is 0 Å². The molecule has 6 nitrogen and oxygen atoms in total. The minimum atomic E-state index is -1.77. The molecule has 2 atom stereocenters. The summed E-state index contributed by atoms with van der Waals surface area (Å²) in [6.45, 7) is 7.36. The lowest BCUT2D eigenvalue weighted by molar-refractivity contribution is -0.188. The summed E-state index contributed by atoms with van der Waals surface area (Å²) in [6, 6.07) is 0. The average molecular weight is 230 g/mol. The molecule has 0 amide bonds. The Hall–Kier alpha value is -1.66. The van der Waals surface area contributed by atoms with Crippen LogP contribution in [0.15, 0.2) is 24.8 Å². The third-order valence-corrected chi connectivity index (χ3v) is 1.47. The molecular weight excluding hydrogens is 216 g/mol. The number of ether oxygens (including phenoxy) is 2. The van der Waals surface area contributed by atoms with E-state index in [1.165, 1.54) is 6.92 Å². The molecule has 0 aliphatic carbocycles. The Morgan fingerprint density at radius 1 is 1.44 bits per heavy atom. The normalized spacial score (nSPS) is 13.4. The Morgan fingerprint density at radius 3 is 2.44 bits per heavy atom. The maximum Gasteiger partial charge on any atom is 0.333 e. The molecule has 0 rings (SSSR count). The lowest BCUT2D eigenvalue weighted by Gasteiger charge is -2.17. The van der Waals surface area contributed by atoms with Crippen molar-refractivity contribution in [2.75, 3.05) is 6.61 Å². The van der Waals surface area contributed by atoms with Crippen LogP contribution in [0.25, 0.3) is 0 Å². The van der Waals surface area contributed by atoms with Crippen LogP contribution in [-0.2, 0) is 19.1 Å². The van der Waals surface area contributed by atoms with Crippen molar-refractivity contribution in [2.24, 2.45) is 0 Å². The topological polar surface area (TPSA) is 93.1 Å². The first kappa shape index (κ1) is 14.3. The van der Waals surface area contributed by atoms with Crippen LogP contribution in [0.2, 0.25) is 0 Å². The van der Waals surface area contributed by atoms with Gasteiger partial charge in [-0.05, 0) is 6.92 Å². The molecule has 6 heteroatoms. The molecule has 0 fully saturated rings. The molecule has 0 aliphatic heterocycles. The predicted octanol–water partition coefficient (Wildman–Crippen LogP) is -0.486. The van der Waals surface area contributed by atoms with Gasteiger partial charge in [0.1, 0.15) is 6.61 Å². The first-order chi connectivity index (χ1) is 7.38. The number of esters is 2. The van der Waals surface area contributed by atoms with Crippen molar-refractivity contribution in [1.29, 1.82) is 0 Å². The van der Waals surface area contributed by atoms with Gasteiger partial charge in [0, 0.05) is 11.6 Å². The Kier molecular flexibility index (Phi) is 6.06. The highest BCUT2D eigenvalue weighted by atomic mass is 16.6. The van der Waals surface area contributed by atoms with Gasteiger partial charge >= 0.3 is 11.9 Å². The highest BCUT2D eigenvalue weighted by molar-refractivity contribution is 5.86. The van der Waals surface area contributed by atoms with Crippen LogP contribution in [0, 0.1) is 0 Å². The second-order valence-electron chi connectivity index (χ2n) is 2.98. The van der Waals surface area contributed by atoms with E-state index >= 15 is 0 Å². The lowest BCUT2D eigenvalue weighted by atomic mass is 10.3. The SMILES string of the molecule is C=CC(=O)OC(O)C(O)COC(=O)C(=C)C. The van der Waals surface area contributed by atoms with Crippen molar-refractivity contribution in [3.8, 4) is 0 Å². The quantitative estimate of drug-likeness (QED) is 0.363. The molecule has 0 aromatic carbocycles. The fourth-order valence-electron chi connectivity index (χ4n) is 0.612. The highest BCUT2D eigenvalue weighted by Gasteiger charge is 2.21. The van der Waals surface area contributed by atoms with E-state index in [0.717, 1.165) is 6.08 Å². The molecule has 2 N–H and O–H groups in total. The maximum absolute atomic E-state index is 10.9. The minimum Gasteiger partial charge on any atom is -0.459 e. The van der Waals surface area contributed by atoms with E-state index in [9.17, 15) is 14.7 Å². The summed E-state index contributed by atoms with van der Waals surface area (Å²) in [4.78, 5) is 21.5. The summed E-state index contributed by atoms with van der Waals surface area (Å²) in [5.41, 5.74) is 0.157. The van der Waals surface area contributed by atoms with Gasteiger partial charge in [0.25, 0.3) is 0 Å². The Morgan fingerprint density at radius 2 is 2.00 bits per heavy atom. The van der Waals surface area contributed by atoms with Crippen molar-refractivity contribution in [2.45, 2.75) is 19.3 Å². The summed E-state index contributed by atoms with van der Waals surface area (Å²) >= 11 is 0. The molecule has 0 spiro atoms. The molecule has 16 heavy (non-hydrogen) atoms. The van der Waals surface area contributed by atoms with E-state index in [0.29, 0.717) is 0 Å². The second kappa shape index (κ2) is 6.76. The van der Waals surface area contributed by atoms with Gasteiger partial charge in [-0.1, -0.05) is 13.2 Å². The van der Waals surface area contributed by atoms with Crippen LogP contribution >= 0.6 is 0 Å². The third kappa shape index (κ3) is 5.28. The van der Waals surface area contributed by atoms with Crippen LogP contribution in [0.3, 0.4) is 0 Å². The molecule has 90 valence electrons. The fourth-order valence-corrected chi connectivity index (χ4v) is 0.612. The number of carbonyl (C=O) groups excluding carboxylic acids is 2. The predicted molar refractivity (Wildman–Crippen MR) is 54.1 cm³/mol. The van der Waals surface area contributed by atoms with Crippen LogP contribution < -0.4 is 0 Å². The number of aliphatic hydroxyl groups excluding tert-OH is 2. The standard InChI is InChI=1S/C10H14O6/c1-4-8(12)16-10(14)7(11)5-15-9(13)6(2)3/h4,7,10-11,14H,1-2,5H2,3H3. The largest absolute Gasteiger partial charge is 0.459 e. The third-order valence-electron chi connectivity index (χ3n) is 1.47. The molecule has 0 bridgehead atoms. The first-order valence-corrected chi connectivity index (χ1v) is 4.40. The Bertz CT molecular complexity index is 296. The zero-order valence-corrected chi connectivity index (χ0v) is 8.88. The van der Waals surface area contributed by atoms with E-state index < -0.39 is 30.9 Å². The van der Waals surface area contributed by atoms with Gasteiger partial charge in [-0.25, -0.2) is 9.59 Å². The fraction of sp³-hybridized carbons (Fsp3) is 0.400. The maximum atomic E-state index is 10.9. The molecule has 0 aromatic rings. The van der Waals surface area contributed by atoms with Crippen molar-refractivity contribution < 1.29 is 29.3 Å². The molecule has 0 saturated carbocycles. The van der Waals surface area contributed by atoms with Gasteiger partial charge in [0.15, 0.2) is 6.10 Å². The van der Waals surface area contributed by atoms with E-state index in [2.05, 4.69) is 22.6 Å². The lowest BCUT2D eigenvalue weighted by Crippen LogP contribution is -2.35. The Labute approximate surface area is 92.8 Å². The average Bonchev–Trinajstić information content (AvgIpc) is 2.24. The zero-order valence-electron chi connectivity index (χ0n) is 8.88. The molecule has 0 aromatic heterocycles. The van der Waals surface area contributed by atoms with Crippen molar-refractivity contribution in [3.05, 3.63) is 24.8 Å². The second-order valence-corrected chi connectivity index (χ2v) is 2.98. The van der Waals surface area contributed by atoms with Gasteiger partial charge in [-0.3, -0.25) is 0 Å². The van der Waals surface area contributed by atoms with E-state index in [-0.39, 0.29) is 5.57 Å². The highest BCUT2D eigenvalue weighted by Crippen LogP contribution is 2.00. The number of hydrogen-bond donors (Lipinski definition) is 2. The van der Waals surface area contributed by atoms with Crippen molar-refractivity contribution in [3.63, 3.8) is 0 Å². The molecule has 2 unspecified atom stereocenters. The Balaban J connectivity index is 4.01. The van der Waals surface area contributed by atoms with E-state index in [4.69, 9.17) is 5.11 Å². The monoisotopic (exact) mass is 230 g/mol. The van der Waals surface area contributed by atoms with Crippen molar-refractivity contribution in [1.82, 2.24) is 0 Å². The van der Waals surface area contributed by atoms with Crippen LogP contribution in [0.1, 0.15) is 6.92 Å². The first-order valence-electron chi connectivity index (χ1n) is 4.40. The summed E-state index contributed by atoms with van der Waals surface area (Å²) < 4.78 is 8.82. The minimum absolute atomic E-state index is 0.157. The molecule has 0 saturated heterocycles. The van der Waals surface area contributed by atoms with Crippen LogP contribution in [0.4, 0.5) is 0 Å². The molecular formula is C10H14O6. The van der Waals surface area contributed by atoms with Gasteiger partial charge in [-0.2, -0.15) is 0 Å². The van der Waals surface area contributed by atoms with E-state index in [1.54, 1.807) is 0 Å². The molecule has 0 radical (unpaired) electrons. The van der Waals surface area contributed by atoms with Gasteiger partial charge in [-0.15, -0.1) is 0 Å². The number of aliphatic hydroxyl groups is 2. The summed E-state index contributed by atoms with van der Waals surface area (Å²) in [7, 11) is 0. The molecule has 0 heterocycles. The smallest absolute Gasteiger partial charge is 0.333 e. The van der Waals surface area contributed by atoms with Crippen LogP contribution in [-0.4, -0.2) is 41.2 Å². The van der Waals surface area contributed by atoms with Crippen molar-refractivity contribution >= 4 is 11.9 Å². The zero-order chi connectivity index (χ0) is 12.7. The summed E-state index contributed by atoms with van der Waals surface area (Å²) in [6.07, 6.45) is -2.47. The number of rotatable bonds is 6. The van der Waals surface area contributed by atoms with Gasteiger partial charge in [0.05, 0.1) is 0 Å². The summed E-state index contributed by atoms with van der Waals surface area (Å²) in [5.74, 6) is -1.60. The van der Waals surface area contributed by atoms with Crippen LogP contribution in [0.5, 0.6) is 0 Å². The van der Waals surface area contributed by atoms with Gasteiger partial charge < -0.3 is 19.7 Å². The number of carbonyl (C=O) groups is 2.